The molecule has 0 bridgehead atoms. The van der Waals surface area contributed by atoms with E-state index < -0.39 is 0 Å². The normalized spacial score (nSPS) is 28.6. The summed E-state index contributed by atoms with van der Waals surface area (Å²) in [5.74, 6) is -0.357. The number of cyclic esters (lactones) is 2. The highest BCUT2D eigenvalue weighted by atomic mass is 16.6. The highest BCUT2D eigenvalue weighted by Crippen LogP contribution is 2.27. The zero-order valence-corrected chi connectivity index (χ0v) is 17.5. The van der Waals surface area contributed by atoms with E-state index in [-0.39, 0.29) is 48.2 Å². The summed E-state index contributed by atoms with van der Waals surface area (Å²) in [7, 11) is 0. The average Bonchev–Trinajstić information content (AvgIpc) is 2.68. The molecule has 2 rings (SSSR count). The molecule has 2 fully saturated rings. The molecule has 2 N–H and O–H groups in total. The van der Waals surface area contributed by atoms with Crippen molar-refractivity contribution < 1.29 is 29.3 Å². The molecule has 2 aliphatic rings. The van der Waals surface area contributed by atoms with Crippen molar-refractivity contribution in [2.24, 2.45) is 11.8 Å². The predicted molar refractivity (Wildman–Crippen MR) is 107 cm³/mol. The van der Waals surface area contributed by atoms with Crippen LogP contribution in [0.25, 0.3) is 0 Å². The second kappa shape index (κ2) is 12.7. The minimum atomic E-state index is -0.355. The maximum Gasteiger partial charge on any atom is 0.312 e. The van der Waals surface area contributed by atoms with E-state index in [9.17, 15) is 19.8 Å². The first-order valence-electron chi connectivity index (χ1n) is 10.3. The minimum Gasteiger partial charge on any atom is -0.461 e. The van der Waals surface area contributed by atoms with Gasteiger partial charge in [-0.3, -0.25) is 9.59 Å². The quantitative estimate of drug-likeness (QED) is 0.435. The Balaban J connectivity index is 0.000000280. The number of rotatable bonds is 10. The lowest BCUT2D eigenvalue weighted by Gasteiger charge is -2.33. The van der Waals surface area contributed by atoms with Gasteiger partial charge in [0.05, 0.1) is 24.0 Å². The molecular formula is C22H36O6. The molecular weight excluding hydrogens is 360 g/mol. The highest BCUT2D eigenvalue weighted by Gasteiger charge is 2.40. The van der Waals surface area contributed by atoms with E-state index in [2.05, 4.69) is 0 Å². The fourth-order valence-electron chi connectivity index (χ4n) is 3.06. The lowest BCUT2D eigenvalue weighted by molar-refractivity contribution is -0.186. The van der Waals surface area contributed by atoms with Gasteiger partial charge in [-0.2, -0.15) is 0 Å². The van der Waals surface area contributed by atoms with E-state index in [1.54, 1.807) is 0 Å². The van der Waals surface area contributed by atoms with Crippen molar-refractivity contribution in [1.29, 1.82) is 0 Å². The van der Waals surface area contributed by atoms with Gasteiger partial charge in [-0.05, 0) is 53.4 Å². The molecule has 0 unspecified atom stereocenters. The molecule has 0 aromatic carbocycles. The Morgan fingerprint density at radius 1 is 0.821 bits per heavy atom. The van der Waals surface area contributed by atoms with Crippen molar-refractivity contribution in [3.8, 4) is 0 Å². The van der Waals surface area contributed by atoms with E-state index in [1.165, 1.54) is 0 Å². The fraction of sp³-hybridized carbons (Fsp3) is 0.727. The van der Waals surface area contributed by atoms with Crippen molar-refractivity contribution in [3.05, 3.63) is 24.3 Å². The van der Waals surface area contributed by atoms with Crippen LogP contribution >= 0.6 is 0 Å². The molecule has 0 saturated carbocycles. The Kier molecular flexibility index (Phi) is 11.1. The van der Waals surface area contributed by atoms with Crippen molar-refractivity contribution in [1.82, 2.24) is 0 Å². The molecule has 0 aliphatic carbocycles. The summed E-state index contributed by atoms with van der Waals surface area (Å²) in [4.78, 5) is 21.5. The fourth-order valence-corrected chi connectivity index (χ4v) is 3.06. The van der Waals surface area contributed by atoms with Crippen LogP contribution in [0.2, 0.25) is 0 Å². The number of aliphatic hydroxyl groups is 2. The first-order chi connectivity index (χ1) is 13.3. The summed E-state index contributed by atoms with van der Waals surface area (Å²) in [6.07, 6.45) is 11.5. The average molecular weight is 397 g/mol. The first kappa shape index (κ1) is 24.4. The molecule has 6 nitrogen and oxygen atoms in total. The standard InChI is InChI=1S/2C11H18O3/c2*1-3-4-5-6-9(12)7-10-8(2)11(13)14-10/h2*3-4,8-10,12H,5-7H2,1-2H3/t2*8-,9+,10-/m00/s1. The summed E-state index contributed by atoms with van der Waals surface area (Å²) in [6.45, 7) is 7.61. The number of esters is 2. The first-order valence-corrected chi connectivity index (χ1v) is 10.3. The predicted octanol–water partition coefficient (Wildman–Crippen LogP) is 3.31. The summed E-state index contributed by atoms with van der Waals surface area (Å²) < 4.78 is 9.82. The van der Waals surface area contributed by atoms with Crippen molar-refractivity contribution in [2.45, 2.75) is 90.6 Å². The van der Waals surface area contributed by atoms with Crippen LogP contribution in [0.5, 0.6) is 0 Å². The maximum absolute atomic E-state index is 10.8. The van der Waals surface area contributed by atoms with Crippen LogP contribution in [0, 0.1) is 11.8 Å². The number of ether oxygens (including phenoxy) is 2. The lowest BCUT2D eigenvalue weighted by atomic mass is 9.93. The summed E-state index contributed by atoms with van der Waals surface area (Å²) in [6, 6.07) is 0. The van der Waals surface area contributed by atoms with Gasteiger partial charge in [0.15, 0.2) is 0 Å². The van der Waals surface area contributed by atoms with Crippen LogP contribution in [0.3, 0.4) is 0 Å². The van der Waals surface area contributed by atoms with E-state index >= 15 is 0 Å². The molecule has 0 aromatic rings. The number of carbonyl (C=O) groups excluding carboxylic acids is 2. The molecule has 2 aliphatic heterocycles. The molecule has 2 saturated heterocycles. The van der Waals surface area contributed by atoms with Gasteiger partial charge in [-0.1, -0.05) is 24.3 Å². The van der Waals surface area contributed by atoms with E-state index in [0.29, 0.717) is 12.8 Å². The minimum absolute atomic E-state index is 0.0358. The summed E-state index contributed by atoms with van der Waals surface area (Å²) in [5.41, 5.74) is 0. The molecule has 0 amide bonds. The zero-order valence-electron chi connectivity index (χ0n) is 17.5. The van der Waals surface area contributed by atoms with Gasteiger partial charge in [0.25, 0.3) is 0 Å². The lowest BCUT2D eigenvalue weighted by Crippen LogP contribution is -2.44. The van der Waals surface area contributed by atoms with Crippen LogP contribution in [-0.2, 0) is 19.1 Å². The van der Waals surface area contributed by atoms with Crippen molar-refractivity contribution in [2.75, 3.05) is 0 Å². The summed E-state index contributed by atoms with van der Waals surface area (Å²) in [5, 5.41) is 19.2. The van der Waals surface area contributed by atoms with Crippen molar-refractivity contribution in [3.63, 3.8) is 0 Å². The molecule has 0 radical (unpaired) electrons. The Morgan fingerprint density at radius 2 is 1.18 bits per heavy atom. The second-order valence-electron chi connectivity index (χ2n) is 7.60. The molecule has 6 atom stereocenters. The van der Waals surface area contributed by atoms with Gasteiger partial charge >= 0.3 is 11.9 Å². The molecule has 0 spiro atoms. The van der Waals surface area contributed by atoms with Gasteiger partial charge in [0.2, 0.25) is 0 Å². The highest BCUT2D eigenvalue weighted by molar-refractivity contribution is 5.78. The van der Waals surface area contributed by atoms with Gasteiger partial charge < -0.3 is 19.7 Å². The number of hydrogen-bond donors (Lipinski definition) is 2. The van der Waals surface area contributed by atoms with Gasteiger partial charge in [-0.15, -0.1) is 0 Å². The Bertz CT molecular complexity index is 493. The van der Waals surface area contributed by atoms with Crippen LogP contribution in [-0.4, -0.2) is 46.6 Å². The summed E-state index contributed by atoms with van der Waals surface area (Å²) >= 11 is 0. The van der Waals surface area contributed by atoms with Crippen LogP contribution in [0.4, 0.5) is 0 Å². The molecule has 0 aromatic heterocycles. The topological polar surface area (TPSA) is 93.1 Å². The zero-order chi connectivity index (χ0) is 21.1. The smallest absolute Gasteiger partial charge is 0.312 e. The van der Waals surface area contributed by atoms with Gasteiger partial charge in [-0.25, -0.2) is 0 Å². The van der Waals surface area contributed by atoms with E-state index in [1.807, 2.05) is 52.0 Å². The second-order valence-corrected chi connectivity index (χ2v) is 7.60. The monoisotopic (exact) mass is 396 g/mol. The van der Waals surface area contributed by atoms with E-state index in [0.717, 1.165) is 25.7 Å². The third kappa shape index (κ3) is 8.15. The maximum atomic E-state index is 10.8. The van der Waals surface area contributed by atoms with E-state index in [4.69, 9.17) is 9.47 Å². The number of allylic oxidation sites excluding steroid dienone is 4. The Hall–Kier alpha value is -1.66. The van der Waals surface area contributed by atoms with Gasteiger partial charge in [0.1, 0.15) is 12.2 Å². The molecule has 160 valence electrons. The van der Waals surface area contributed by atoms with Crippen molar-refractivity contribution >= 4 is 11.9 Å². The van der Waals surface area contributed by atoms with Crippen LogP contribution in [0.15, 0.2) is 24.3 Å². The molecule has 6 heteroatoms. The number of hydrogen-bond acceptors (Lipinski definition) is 6. The third-order valence-corrected chi connectivity index (χ3v) is 5.21. The van der Waals surface area contributed by atoms with Crippen LogP contribution < -0.4 is 0 Å². The largest absolute Gasteiger partial charge is 0.461 e. The Morgan fingerprint density at radius 3 is 1.43 bits per heavy atom. The molecule has 28 heavy (non-hydrogen) atoms. The third-order valence-electron chi connectivity index (χ3n) is 5.21. The van der Waals surface area contributed by atoms with Crippen LogP contribution in [0.1, 0.15) is 66.2 Å². The van der Waals surface area contributed by atoms with Gasteiger partial charge in [0, 0.05) is 12.8 Å². The Labute approximate surface area is 168 Å². The SMILES string of the molecule is CC=CCC[C@@H](O)C[C@@H]1OC(=O)[C@H]1C.CC=CCC[C@@H](O)C[C@@H]1OC(=O)[C@H]1C. The number of carbonyl (C=O) groups is 2. The number of aliphatic hydroxyl groups excluding tert-OH is 2. The molecule has 2 heterocycles.